The summed E-state index contributed by atoms with van der Waals surface area (Å²) in [6, 6.07) is 19.9. The van der Waals surface area contributed by atoms with Crippen molar-refractivity contribution in [3.63, 3.8) is 0 Å². The largest absolute Gasteiger partial charge is 0.356 e. The minimum absolute atomic E-state index is 0.213. The molecule has 0 unspecified atom stereocenters. The van der Waals surface area contributed by atoms with Crippen LogP contribution in [0.5, 0.6) is 0 Å². The zero-order chi connectivity index (χ0) is 20.5. The second-order valence-corrected chi connectivity index (χ2v) is 7.66. The molecule has 0 fully saturated rings. The quantitative estimate of drug-likeness (QED) is 0.404. The van der Waals surface area contributed by atoms with E-state index in [0.29, 0.717) is 12.3 Å². The first-order valence-corrected chi connectivity index (χ1v) is 10.2. The molecule has 1 aromatic heterocycles. The lowest BCUT2D eigenvalue weighted by Gasteiger charge is -2.09. The third-order valence-electron chi connectivity index (χ3n) is 4.72. The van der Waals surface area contributed by atoms with E-state index in [1.54, 1.807) is 6.20 Å². The van der Waals surface area contributed by atoms with Crippen LogP contribution in [-0.4, -0.2) is 10.8 Å². The fourth-order valence-corrected chi connectivity index (χ4v) is 3.10. The first-order valence-electron chi connectivity index (χ1n) is 10.2. The molecule has 1 N–H and O–H groups in total. The number of hydrogen-bond donors (Lipinski definition) is 1. The molecule has 0 saturated carbocycles. The molecule has 0 radical (unpaired) electrons. The normalized spacial score (nSPS) is 11.1. The number of Topliss-reactive ketones (excluding diaryl/α,β-unsaturated/α-hetero) is 1. The Morgan fingerprint density at radius 3 is 2.48 bits per heavy atom. The van der Waals surface area contributed by atoms with Gasteiger partial charge in [0.2, 0.25) is 0 Å². The molecule has 0 aliphatic rings. The lowest BCUT2D eigenvalue weighted by Crippen LogP contribution is -2.01. The lowest BCUT2D eigenvalue weighted by molar-refractivity contribution is 0.0978. The molecule has 0 amide bonds. The van der Waals surface area contributed by atoms with E-state index in [1.165, 1.54) is 0 Å². The van der Waals surface area contributed by atoms with Gasteiger partial charge in [-0.1, -0.05) is 62.8 Å². The summed E-state index contributed by atoms with van der Waals surface area (Å²) in [6.07, 6.45) is 10.4. The number of rotatable bonds is 9. The second-order valence-electron chi connectivity index (χ2n) is 7.66. The van der Waals surface area contributed by atoms with E-state index >= 15 is 0 Å². The zero-order valence-corrected chi connectivity index (χ0v) is 17.1. The number of aromatic nitrogens is 1. The summed E-state index contributed by atoms with van der Waals surface area (Å²) in [7, 11) is 0. The average Bonchev–Trinajstić information content (AvgIpc) is 2.74. The Morgan fingerprint density at radius 1 is 0.966 bits per heavy atom. The molecule has 3 aromatic rings. The third-order valence-corrected chi connectivity index (χ3v) is 4.72. The van der Waals surface area contributed by atoms with Gasteiger partial charge in [-0.25, -0.2) is 0 Å². The van der Waals surface area contributed by atoms with Crippen LogP contribution in [0.3, 0.4) is 0 Å². The summed E-state index contributed by atoms with van der Waals surface area (Å²) in [5.41, 5.74) is 4.89. The van der Waals surface area contributed by atoms with Crippen LogP contribution in [0, 0.1) is 5.92 Å². The molecule has 3 heteroatoms. The standard InChI is InChI=1S/C26H28N2O/c1-20(2)6-3-10-26(29)23-8-4-9-25(18-23)28-24-15-13-21(14-16-24)11-12-22-7-5-17-27-19-22/h4-5,7-9,11-20,28H,3,6,10H2,1-2H3/b12-11+. The number of carbonyl (C=O) groups is 1. The number of benzene rings is 2. The fraction of sp³-hybridized carbons (Fsp3) is 0.231. The van der Waals surface area contributed by atoms with Crippen molar-refractivity contribution in [3.05, 3.63) is 89.7 Å². The fourth-order valence-electron chi connectivity index (χ4n) is 3.10. The molecule has 0 atom stereocenters. The van der Waals surface area contributed by atoms with E-state index in [2.05, 4.69) is 42.4 Å². The molecule has 148 valence electrons. The molecule has 0 spiro atoms. The Hall–Kier alpha value is -3.20. The molecule has 3 nitrogen and oxygen atoms in total. The Kier molecular flexibility index (Phi) is 7.34. The highest BCUT2D eigenvalue weighted by Crippen LogP contribution is 2.20. The predicted molar refractivity (Wildman–Crippen MR) is 122 cm³/mol. The highest BCUT2D eigenvalue weighted by Gasteiger charge is 2.07. The van der Waals surface area contributed by atoms with Gasteiger partial charge in [0.25, 0.3) is 0 Å². The highest BCUT2D eigenvalue weighted by molar-refractivity contribution is 5.97. The van der Waals surface area contributed by atoms with Crippen molar-refractivity contribution in [2.45, 2.75) is 33.1 Å². The Labute approximate surface area is 173 Å². The van der Waals surface area contributed by atoms with Crippen molar-refractivity contribution < 1.29 is 4.79 Å². The first kappa shape index (κ1) is 20.5. The topological polar surface area (TPSA) is 42.0 Å². The van der Waals surface area contributed by atoms with Crippen molar-refractivity contribution in [1.29, 1.82) is 0 Å². The monoisotopic (exact) mass is 384 g/mol. The van der Waals surface area contributed by atoms with Crippen molar-refractivity contribution in [3.8, 4) is 0 Å². The molecule has 0 saturated heterocycles. The van der Waals surface area contributed by atoms with Gasteiger partial charge in [-0.2, -0.15) is 0 Å². The number of carbonyl (C=O) groups excluding carboxylic acids is 1. The Balaban J connectivity index is 1.60. The molecule has 3 rings (SSSR count). The van der Waals surface area contributed by atoms with E-state index in [1.807, 2.05) is 60.8 Å². The summed E-state index contributed by atoms with van der Waals surface area (Å²) in [5.74, 6) is 0.850. The van der Waals surface area contributed by atoms with Crippen molar-refractivity contribution in [1.82, 2.24) is 4.98 Å². The van der Waals surface area contributed by atoms with Crippen LogP contribution < -0.4 is 5.32 Å². The van der Waals surface area contributed by atoms with Gasteiger partial charge in [0.15, 0.2) is 5.78 Å². The maximum atomic E-state index is 12.4. The smallest absolute Gasteiger partial charge is 0.162 e. The van der Waals surface area contributed by atoms with Gasteiger partial charge in [0, 0.05) is 35.8 Å². The number of hydrogen-bond acceptors (Lipinski definition) is 3. The van der Waals surface area contributed by atoms with Gasteiger partial charge in [0.05, 0.1) is 0 Å². The number of anilines is 2. The molecule has 0 aliphatic heterocycles. The van der Waals surface area contributed by atoms with Gasteiger partial charge in [-0.15, -0.1) is 0 Å². The summed E-state index contributed by atoms with van der Waals surface area (Å²) < 4.78 is 0. The molecule has 2 aromatic carbocycles. The number of nitrogens with zero attached hydrogens (tertiary/aromatic N) is 1. The van der Waals surface area contributed by atoms with Crippen LogP contribution in [0.4, 0.5) is 11.4 Å². The zero-order valence-electron chi connectivity index (χ0n) is 17.1. The second kappa shape index (κ2) is 10.4. The molecule has 1 heterocycles. The summed E-state index contributed by atoms with van der Waals surface area (Å²) in [4.78, 5) is 16.5. The Bertz CT molecular complexity index is 944. The van der Waals surface area contributed by atoms with Gasteiger partial charge in [-0.05, 0) is 53.8 Å². The van der Waals surface area contributed by atoms with Crippen LogP contribution >= 0.6 is 0 Å². The van der Waals surface area contributed by atoms with E-state index < -0.39 is 0 Å². The van der Waals surface area contributed by atoms with Crippen LogP contribution in [0.1, 0.15) is 54.6 Å². The molecule has 0 bridgehead atoms. The van der Waals surface area contributed by atoms with Crippen molar-refractivity contribution in [2.75, 3.05) is 5.32 Å². The maximum absolute atomic E-state index is 12.4. The van der Waals surface area contributed by atoms with Gasteiger partial charge in [-0.3, -0.25) is 9.78 Å². The number of ketones is 1. The van der Waals surface area contributed by atoms with Crippen molar-refractivity contribution >= 4 is 29.3 Å². The van der Waals surface area contributed by atoms with Gasteiger partial charge >= 0.3 is 0 Å². The Morgan fingerprint density at radius 2 is 1.76 bits per heavy atom. The predicted octanol–water partition coefficient (Wildman–Crippen LogP) is 7.00. The average molecular weight is 385 g/mol. The van der Waals surface area contributed by atoms with Crippen LogP contribution in [0.25, 0.3) is 12.2 Å². The van der Waals surface area contributed by atoms with Crippen molar-refractivity contribution in [2.24, 2.45) is 5.92 Å². The van der Waals surface area contributed by atoms with Crippen LogP contribution in [0.15, 0.2) is 73.1 Å². The van der Waals surface area contributed by atoms with Crippen LogP contribution in [0.2, 0.25) is 0 Å². The summed E-state index contributed by atoms with van der Waals surface area (Å²) in [6.45, 7) is 4.38. The van der Waals surface area contributed by atoms with E-state index in [4.69, 9.17) is 0 Å². The molecular formula is C26H28N2O. The van der Waals surface area contributed by atoms with E-state index in [9.17, 15) is 4.79 Å². The van der Waals surface area contributed by atoms with E-state index in [0.717, 1.165) is 40.9 Å². The first-order chi connectivity index (χ1) is 14.1. The minimum atomic E-state index is 0.213. The minimum Gasteiger partial charge on any atom is -0.356 e. The van der Waals surface area contributed by atoms with Gasteiger partial charge < -0.3 is 5.32 Å². The molecule has 0 aliphatic carbocycles. The number of nitrogens with one attached hydrogen (secondary N) is 1. The molecular weight excluding hydrogens is 356 g/mol. The van der Waals surface area contributed by atoms with E-state index in [-0.39, 0.29) is 5.78 Å². The summed E-state index contributed by atoms with van der Waals surface area (Å²) >= 11 is 0. The van der Waals surface area contributed by atoms with Crippen LogP contribution in [-0.2, 0) is 0 Å². The lowest BCUT2D eigenvalue weighted by atomic mass is 10.0. The highest BCUT2D eigenvalue weighted by atomic mass is 16.1. The SMILES string of the molecule is CC(C)CCCC(=O)c1cccc(Nc2ccc(/C=C/c3cccnc3)cc2)c1. The van der Waals surface area contributed by atoms with Gasteiger partial charge in [0.1, 0.15) is 0 Å². The maximum Gasteiger partial charge on any atom is 0.162 e. The summed E-state index contributed by atoms with van der Waals surface area (Å²) in [5, 5.41) is 3.39. The molecule has 29 heavy (non-hydrogen) atoms. The third kappa shape index (κ3) is 6.72. The number of pyridine rings is 1.